The van der Waals surface area contributed by atoms with Gasteiger partial charge in [0.25, 0.3) is 0 Å². The van der Waals surface area contributed by atoms with E-state index in [1.165, 1.54) is 11.3 Å². The predicted molar refractivity (Wildman–Crippen MR) is 44.4 cm³/mol. The Balaban J connectivity index is 2.98. The summed E-state index contributed by atoms with van der Waals surface area (Å²) in [5.74, 6) is 0. The van der Waals surface area contributed by atoms with Crippen molar-refractivity contribution in [1.29, 1.82) is 0 Å². The Morgan fingerprint density at radius 3 is 2.56 bits per heavy atom. The number of thiophene rings is 1. The highest BCUT2D eigenvalue weighted by Gasteiger charge is 1.98. The molecule has 0 aromatic carbocycles. The molecule has 1 nitrogen and oxygen atoms in total. The minimum Gasteiger partial charge on any atom is -0.254 e. The normalized spacial score (nSPS) is 13.6. The van der Waals surface area contributed by atoms with Crippen LogP contribution in [0.25, 0.3) is 0 Å². The van der Waals surface area contributed by atoms with Crippen LogP contribution in [0.3, 0.4) is 0 Å². The summed E-state index contributed by atoms with van der Waals surface area (Å²) < 4.78 is 12.7. The van der Waals surface area contributed by atoms with Crippen molar-refractivity contribution in [3.8, 4) is 0 Å². The van der Waals surface area contributed by atoms with Crippen molar-refractivity contribution in [3.05, 3.63) is 15.9 Å². The van der Waals surface area contributed by atoms with Crippen LogP contribution in [0, 0.1) is 0 Å². The van der Waals surface area contributed by atoms with Crippen molar-refractivity contribution < 1.29 is 4.21 Å². The van der Waals surface area contributed by atoms with Crippen LogP contribution in [-0.2, 0) is 10.8 Å². The molecule has 4 heteroatoms. The molecule has 1 rings (SSSR count). The molecule has 1 heterocycles. The molecule has 0 unspecified atom stereocenters. The zero-order valence-corrected chi connectivity index (χ0v) is 7.98. The van der Waals surface area contributed by atoms with Crippen LogP contribution in [0.5, 0.6) is 0 Å². The van der Waals surface area contributed by atoms with Crippen molar-refractivity contribution in [1.82, 2.24) is 0 Å². The Hall–Kier alpha value is 0.330. The maximum atomic E-state index is 10.8. The molecular formula is C5H5BrOS2. The lowest BCUT2D eigenvalue weighted by molar-refractivity contribution is 0.688. The van der Waals surface area contributed by atoms with Gasteiger partial charge in [-0.25, -0.2) is 0 Å². The number of rotatable bonds is 1. The molecule has 0 fully saturated rings. The second-order valence-electron chi connectivity index (χ2n) is 1.51. The molecule has 0 amide bonds. The first-order valence-electron chi connectivity index (χ1n) is 2.29. The van der Waals surface area contributed by atoms with E-state index in [1.807, 2.05) is 12.1 Å². The maximum Gasteiger partial charge on any atom is 0.0919 e. The molecule has 0 aliphatic heterocycles. The molecule has 50 valence electrons. The van der Waals surface area contributed by atoms with Crippen molar-refractivity contribution in [3.63, 3.8) is 0 Å². The number of hydrogen-bond donors (Lipinski definition) is 0. The van der Waals surface area contributed by atoms with E-state index >= 15 is 0 Å². The minimum absolute atomic E-state index is 0.820. The first kappa shape index (κ1) is 7.44. The van der Waals surface area contributed by atoms with E-state index in [-0.39, 0.29) is 0 Å². The molecule has 0 bridgehead atoms. The average molecular weight is 225 g/mol. The fourth-order valence-corrected chi connectivity index (χ4v) is 2.89. The Kier molecular flexibility index (Phi) is 2.43. The van der Waals surface area contributed by atoms with Gasteiger partial charge in [-0.15, -0.1) is 11.3 Å². The van der Waals surface area contributed by atoms with Crippen molar-refractivity contribution in [2.45, 2.75) is 4.21 Å². The lowest BCUT2D eigenvalue weighted by Gasteiger charge is -1.82. The highest BCUT2D eigenvalue weighted by molar-refractivity contribution is 9.11. The third kappa shape index (κ3) is 1.88. The molecule has 1 aromatic rings. The highest BCUT2D eigenvalue weighted by Crippen LogP contribution is 2.23. The van der Waals surface area contributed by atoms with Crippen LogP contribution in [0.4, 0.5) is 0 Å². The molecule has 0 spiro atoms. The van der Waals surface area contributed by atoms with Crippen LogP contribution >= 0.6 is 27.3 Å². The quantitative estimate of drug-likeness (QED) is 0.716. The average Bonchev–Trinajstić information content (AvgIpc) is 2.14. The van der Waals surface area contributed by atoms with Crippen LogP contribution in [-0.4, -0.2) is 10.5 Å². The van der Waals surface area contributed by atoms with E-state index in [1.54, 1.807) is 6.26 Å². The van der Waals surface area contributed by atoms with Gasteiger partial charge in [0, 0.05) is 6.26 Å². The van der Waals surface area contributed by atoms with Crippen LogP contribution in [0.15, 0.2) is 20.1 Å². The van der Waals surface area contributed by atoms with Crippen molar-refractivity contribution in [2.75, 3.05) is 6.26 Å². The van der Waals surface area contributed by atoms with Gasteiger partial charge in [0.1, 0.15) is 0 Å². The first-order chi connectivity index (χ1) is 4.20. The molecule has 0 radical (unpaired) electrons. The third-order valence-corrected chi connectivity index (χ3v) is 3.91. The zero-order valence-electron chi connectivity index (χ0n) is 4.76. The summed E-state index contributed by atoms with van der Waals surface area (Å²) in [7, 11) is -0.820. The lowest BCUT2D eigenvalue weighted by atomic mass is 10.7. The first-order valence-corrected chi connectivity index (χ1v) is 5.45. The van der Waals surface area contributed by atoms with E-state index in [4.69, 9.17) is 0 Å². The van der Waals surface area contributed by atoms with Gasteiger partial charge in [0.15, 0.2) is 0 Å². The Morgan fingerprint density at radius 2 is 2.33 bits per heavy atom. The summed E-state index contributed by atoms with van der Waals surface area (Å²) in [5.41, 5.74) is 0. The summed E-state index contributed by atoms with van der Waals surface area (Å²) in [5, 5.41) is 0. The van der Waals surface area contributed by atoms with Gasteiger partial charge >= 0.3 is 0 Å². The summed E-state index contributed by atoms with van der Waals surface area (Å²) in [4.78, 5) is 0. The highest BCUT2D eigenvalue weighted by atomic mass is 79.9. The topological polar surface area (TPSA) is 17.1 Å². The van der Waals surface area contributed by atoms with E-state index in [2.05, 4.69) is 15.9 Å². The molecule has 1 aromatic heterocycles. The van der Waals surface area contributed by atoms with Gasteiger partial charge < -0.3 is 0 Å². The van der Waals surface area contributed by atoms with E-state index in [0.29, 0.717) is 0 Å². The van der Waals surface area contributed by atoms with Crippen molar-refractivity contribution in [2.24, 2.45) is 0 Å². The van der Waals surface area contributed by atoms with Gasteiger partial charge in [-0.2, -0.15) is 0 Å². The van der Waals surface area contributed by atoms with Crippen LogP contribution in [0.1, 0.15) is 0 Å². The monoisotopic (exact) mass is 224 g/mol. The summed E-state index contributed by atoms with van der Waals surface area (Å²) in [6.07, 6.45) is 1.68. The van der Waals surface area contributed by atoms with Crippen molar-refractivity contribution >= 4 is 38.1 Å². The van der Waals surface area contributed by atoms with Gasteiger partial charge in [-0.1, -0.05) is 0 Å². The Labute approximate surface area is 68.7 Å². The molecule has 0 saturated heterocycles. The third-order valence-electron chi connectivity index (χ3n) is 0.832. The van der Waals surface area contributed by atoms with E-state index in [9.17, 15) is 4.21 Å². The molecule has 9 heavy (non-hydrogen) atoms. The molecule has 0 saturated carbocycles. The Morgan fingerprint density at radius 1 is 1.67 bits per heavy atom. The Bertz CT molecular complexity index is 231. The standard InChI is InChI=1S/C5H5BrOS2/c1-9(7)5-3-2-4(6)8-5/h2-3H,1H3/t9-/m0/s1. The van der Waals surface area contributed by atoms with E-state index in [0.717, 1.165) is 8.00 Å². The fourth-order valence-electron chi connectivity index (χ4n) is 0.452. The molecule has 0 N–H and O–H groups in total. The van der Waals surface area contributed by atoms with Gasteiger partial charge in [-0.3, -0.25) is 4.21 Å². The van der Waals surface area contributed by atoms with Gasteiger partial charge in [-0.05, 0) is 28.1 Å². The predicted octanol–water partition coefficient (Wildman–Crippen LogP) is 2.25. The molecule has 0 aliphatic carbocycles. The second-order valence-corrected chi connectivity index (χ2v) is 5.58. The van der Waals surface area contributed by atoms with E-state index < -0.39 is 10.8 Å². The summed E-state index contributed by atoms with van der Waals surface area (Å²) >= 11 is 4.80. The maximum absolute atomic E-state index is 10.8. The van der Waals surface area contributed by atoms with Gasteiger partial charge in [0.05, 0.1) is 18.8 Å². The molecular weight excluding hydrogens is 220 g/mol. The fraction of sp³-hybridized carbons (Fsp3) is 0.200. The minimum atomic E-state index is -0.820. The molecule has 0 aliphatic rings. The smallest absolute Gasteiger partial charge is 0.0919 e. The number of hydrogen-bond acceptors (Lipinski definition) is 2. The van der Waals surface area contributed by atoms with Crippen LogP contribution in [0.2, 0.25) is 0 Å². The van der Waals surface area contributed by atoms with Gasteiger partial charge in [0.2, 0.25) is 0 Å². The summed E-state index contributed by atoms with van der Waals surface area (Å²) in [6.45, 7) is 0. The summed E-state index contributed by atoms with van der Waals surface area (Å²) in [6, 6.07) is 3.77. The lowest BCUT2D eigenvalue weighted by Crippen LogP contribution is -1.78. The number of halogens is 1. The second kappa shape index (κ2) is 2.94. The SMILES string of the molecule is C[S@](=O)c1ccc(Br)s1. The zero-order chi connectivity index (χ0) is 6.85. The largest absolute Gasteiger partial charge is 0.254 e. The van der Waals surface area contributed by atoms with Crippen LogP contribution < -0.4 is 0 Å². The molecule has 1 atom stereocenters.